The Morgan fingerprint density at radius 2 is 1.05 bits per heavy atom. The molecule has 2 aromatic rings. The molecule has 15 heteroatoms. The Bertz CT molecular complexity index is 1160. The zero-order valence-corrected chi connectivity index (χ0v) is 25.6. The van der Waals surface area contributed by atoms with Crippen molar-refractivity contribution in [3.05, 3.63) is 36.4 Å². The number of halogens is 1. The van der Waals surface area contributed by atoms with Crippen LogP contribution in [-0.2, 0) is 0 Å². The highest BCUT2D eigenvalue weighted by Crippen LogP contribution is 2.37. The lowest BCUT2D eigenvalue weighted by molar-refractivity contribution is 0.236. The molecule has 0 spiro atoms. The Labute approximate surface area is 246 Å². The van der Waals surface area contributed by atoms with E-state index in [-0.39, 0.29) is 29.9 Å². The Morgan fingerprint density at radius 3 is 1.32 bits per heavy atom. The molecule has 0 saturated carbocycles. The standard InChI is InChI=1S/C15H24N4O3.C11H16N4O3.ClH/c1-15(2,3)18-14(20)17-13(16)19(4)12-10(21-5)8-7-9-11(12)22-6;1-15(10(12)14-11(13)16)9-7(17-2)5-4-6-8(9)18-3;/h7-9H,1-6H3,(H3,16,17,18,20);4-6H,1-3H3,(H4,12,13,14,16);1H. The van der Waals surface area contributed by atoms with Crippen molar-refractivity contribution >= 4 is 47.8 Å². The van der Waals surface area contributed by atoms with Gasteiger partial charge in [-0.1, -0.05) is 12.1 Å². The first kappa shape index (κ1) is 36.4. The van der Waals surface area contributed by atoms with Crippen molar-refractivity contribution in [2.24, 2.45) is 5.73 Å². The number of hydrogen-bond donors (Lipinski definition) is 6. The fraction of sp³-hybridized carbons (Fsp3) is 0.385. The lowest BCUT2D eigenvalue weighted by Crippen LogP contribution is -2.51. The highest BCUT2D eigenvalue weighted by Gasteiger charge is 2.21. The van der Waals surface area contributed by atoms with Crippen LogP contribution in [0.25, 0.3) is 0 Å². The first-order chi connectivity index (χ1) is 18.7. The van der Waals surface area contributed by atoms with E-state index in [0.717, 1.165) is 0 Å². The van der Waals surface area contributed by atoms with Crippen LogP contribution in [-0.4, -0.2) is 72.1 Å². The molecule has 0 atom stereocenters. The number of nitrogens with one attached hydrogen (secondary N) is 5. The molecule has 0 aromatic heterocycles. The van der Waals surface area contributed by atoms with Gasteiger partial charge in [0.1, 0.15) is 34.4 Å². The lowest BCUT2D eigenvalue weighted by atomic mass is 10.1. The molecule has 41 heavy (non-hydrogen) atoms. The minimum absolute atomic E-state index is 0. The zero-order valence-electron chi connectivity index (χ0n) is 24.8. The third kappa shape index (κ3) is 10.8. The van der Waals surface area contributed by atoms with Gasteiger partial charge in [-0.25, -0.2) is 9.59 Å². The maximum atomic E-state index is 11.9. The number of nitrogens with two attached hydrogens (primary N) is 1. The SMILES string of the molecule is COc1cccc(OC)c1N(C)C(=N)NC(=O)NC(C)(C)C.COc1cccc(OC)c1N(C)C(=N)NC(N)=O.Cl. The van der Waals surface area contributed by atoms with E-state index >= 15 is 0 Å². The number of benzene rings is 2. The molecule has 0 heterocycles. The van der Waals surface area contributed by atoms with Crippen LogP contribution >= 0.6 is 12.4 Å². The summed E-state index contributed by atoms with van der Waals surface area (Å²) in [6.07, 6.45) is 0. The average Bonchev–Trinajstić information content (AvgIpc) is 2.89. The summed E-state index contributed by atoms with van der Waals surface area (Å²) in [6, 6.07) is 9.28. The number of primary amides is 1. The van der Waals surface area contributed by atoms with Crippen LogP contribution in [0.2, 0.25) is 0 Å². The van der Waals surface area contributed by atoms with Crippen molar-refractivity contribution in [2.75, 3.05) is 52.3 Å². The van der Waals surface area contributed by atoms with E-state index in [1.165, 1.54) is 38.2 Å². The minimum Gasteiger partial charge on any atom is -0.494 e. The molecule has 4 amide bonds. The molecular formula is C26H41ClN8O6. The van der Waals surface area contributed by atoms with Gasteiger partial charge in [0.2, 0.25) is 11.9 Å². The number of carbonyl (C=O) groups excluding carboxylic acids is 2. The van der Waals surface area contributed by atoms with Crippen molar-refractivity contribution in [1.82, 2.24) is 16.0 Å². The number of para-hydroxylation sites is 2. The quantitative estimate of drug-likeness (QED) is 0.216. The van der Waals surface area contributed by atoms with Gasteiger partial charge in [-0.15, -0.1) is 12.4 Å². The number of rotatable bonds is 6. The normalized spacial score (nSPS) is 9.88. The summed E-state index contributed by atoms with van der Waals surface area (Å²) in [7, 11) is 9.35. The van der Waals surface area contributed by atoms with Gasteiger partial charge in [-0.3, -0.25) is 21.5 Å². The van der Waals surface area contributed by atoms with Crippen molar-refractivity contribution in [3.8, 4) is 23.0 Å². The topological polar surface area (TPSA) is 187 Å². The molecule has 0 fully saturated rings. The van der Waals surface area contributed by atoms with E-state index in [9.17, 15) is 9.59 Å². The second-order valence-electron chi connectivity index (χ2n) is 9.16. The Balaban J connectivity index is 0.000000776. The molecule has 7 N–H and O–H groups in total. The number of anilines is 2. The fourth-order valence-electron chi connectivity index (χ4n) is 3.31. The Kier molecular flexibility index (Phi) is 14.7. The third-order valence-electron chi connectivity index (χ3n) is 5.11. The molecule has 0 aliphatic heterocycles. The molecule has 0 aliphatic rings. The summed E-state index contributed by atoms with van der Waals surface area (Å²) in [6.45, 7) is 5.59. The second kappa shape index (κ2) is 16.5. The molecule has 14 nitrogen and oxygen atoms in total. The fourth-order valence-corrected chi connectivity index (χ4v) is 3.31. The van der Waals surface area contributed by atoms with E-state index in [0.29, 0.717) is 34.4 Å². The number of guanidine groups is 2. The molecule has 0 saturated heterocycles. The monoisotopic (exact) mass is 596 g/mol. The summed E-state index contributed by atoms with van der Waals surface area (Å²) in [4.78, 5) is 25.5. The number of carbonyl (C=O) groups is 2. The summed E-state index contributed by atoms with van der Waals surface area (Å²) in [5, 5.41) is 23.2. The minimum atomic E-state index is -0.805. The van der Waals surface area contributed by atoms with Crippen molar-refractivity contribution in [3.63, 3.8) is 0 Å². The highest BCUT2D eigenvalue weighted by atomic mass is 35.5. The number of hydrogen-bond acceptors (Lipinski definition) is 8. The van der Waals surface area contributed by atoms with E-state index in [1.54, 1.807) is 50.5 Å². The van der Waals surface area contributed by atoms with Crippen LogP contribution in [0, 0.1) is 10.8 Å². The highest BCUT2D eigenvalue weighted by molar-refractivity contribution is 6.05. The van der Waals surface area contributed by atoms with E-state index in [2.05, 4.69) is 16.0 Å². The van der Waals surface area contributed by atoms with Gasteiger partial charge in [0.05, 0.1) is 28.4 Å². The van der Waals surface area contributed by atoms with Crippen molar-refractivity contribution in [2.45, 2.75) is 26.3 Å². The van der Waals surface area contributed by atoms with Gasteiger partial charge >= 0.3 is 12.1 Å². The molecule has 0 unspecified atom stereocenters. The van der Waals surface area contributed by atoms with Crippen molar-refractivity contribution < 1.29 is 28.5 Å². The van der Waals surface area contributed by atoms with Gasteiger partial charge in [-0.05, 0) is 45.0 Å². The second-order valence-corrected chi connectivity index (χ2v) is 9.16. The summed E-state index contributed by atoms with van der Waals surface area (Å²) < 4.78 is 21.0. The van der Waals surface area contributed by atoms with Crippen LogP contribution in [0.15, 0.2) is 36.4 Å². The largest absolute Gasteiger partial charge is 0.494 e. The van der Waals surface area contributed by atoms with Crippen LogP contribution in [0.3, 0.4) is 0 Å². The van der Waals surface area contributed by atoms with E-state index in [4.69, 9.17) is 35.5 Å². The maximum absolute atomic E-state index is 11.9. The number of amides is 4. The molecule has 2 rings (SSSR count). The Hall–Kier alpha value is -4.59. The number of ether oxygens (including phenoxy) is 4. The van der Waals surface area contributed by atoms with Gasteiger partial charge < -0.3 is 39.8 Å². The molecule has 2 aromatic carbocycles. The van der Waals surface area contributed by atoms with Gasteiger partial charge in [-0.2, -0.15) is 0 Å². The summed E-state index contributed by atoms with van der Waals surface area (Å²) >= 11 is 0. The first-order valence-electron chi connectivity index (χ1n) is 11.9. The lowest BCUT2D eigenvalue weighted by Gasteiger charge is -2.26. The smallest absolute Gasteiger partial charge is 0.321 e. The maximum Gasteiger partial charge on any atom is 0.321 e. The Morgan fingerprint density at radius 1 is 0.732 bits per heavy atom. The average molecular weight is 597 g/mol. The van der Waals surface area contributed by atoms with Crippen molar-refractivity contribution in [1.29, 1.82) is 10.8 Å². The number of urea groups is 2. The predicted octanol–water partition coefficient (Wildman–Crippen LogP) is 3.34. The molecule has 0 aliphatic carbocycles. The molecule has 0 radical (unpaired) electrons. The third-order valence-corrected chi connectivity index (χ3v) is 5.11. The van der Waals surface area contributed by atoms with Crippen LogP contribution < -0.4 is 50.4 Å². The number of nitrogens with zero attached hydrogens (tertiary/aromatic N) is 2. The van der Waals surface area contributed by atoms with E-state index < -0.39 is 12.1 Å². The summed E-state index contributed by atoms with van der Waals surface area (Å²) in [5.74, 6) is 1.87. The molecular weight excluding hydrogens is 556 g/mol. The summed E-state index contributed by atoms with van der Waals surface area (Å²) in [5.41, 5.74) is 5.68. The molecule has 228 valence electrons. The van der Waals surface area contributed by atoms with Gasteiger partial charge in [0.15, 0.2) is 0 Å². The zero-order chi connectivity index (χ0) is 30.6. The van der Waals surface area contributed by atoms with Gasteiger partial charge in [0.25, 0.3) is 0 Å². The van der Waals surface area contributed by atoms with Gasteiger partial charge in [0, 0.05) is 19.6 Å². The van der Waals surface area contributed by atoms with Crippen LogP contribution in [0.5, 0.6) is 23.0 Å². The number of methoxy groups -OCH3 is 4. The first-order valence-corrected chi connectivity index (χ1v) is 11.9. The van der Waals surface area contributed by atoms with Crippen LogP contribution in [0.1, 0.15) is 20.8 Å². The molecule has 0 bridgehead atoms. The van der Waals surface area contributed by atoms with E-state index in [1.807, 2.05) is 20.8 Å². The predicted molar refractivity (Wildman–Crippen MR) is 163 cm³/mol. The van der Waals surface area contributed by atoms with Crippen LogP contribution in [0.4, 0.5) is 21.0 Å².